The van der Waals surface area contributed by atoms with Crippen molar-refractivity contribution in [2.24, 2.45) is 0 Å². The van der Waals surface area contributed by atoms with E-state index in [9.17, 15) is 18.0 Å². The number of amides is 1. The number of carbonyl (C=O) groups excluding carboxylic acids is 1. The Labute approximate surface area is 195 Å². The number of halogens is 3. The van der Waals surface area contributed by atoms with Crippen molar-refractivity contribution in [3.8, 4) is 5.82 Å². The third kappa shape index (κ3) is 5.44. The highest BCUT2D eigenvalue weighted by Crippen LogP contribution is 2.29. The van der Waals surface area contributed by atoms with Crippen LogP contribution in [0.25, 0.3) is 5.82 Å². The Morgan fingerprint density at radius 1 is 1.24 bits per heavy atom. The van der Waals surface area contributed by atoms with E-state index in [1.807, 2.05) is 12.1 Å². The van der Waals surface area contributed by atoms with Crippen molar-refractivity contribution in [3.63, 3.8) is 0 Å². The number of hydrogen-bond donors (Lipinski definition) is 0. The van der Waals surface area contributed by atoms with Crippen molar-refractivity contribution < 1.29 is 22.7 Å². The van der Waals surface area contributed by atoms with Crippen molar-refractivity contribution >= 4 is 5.91 Å². The summed E-state index contributed by atoms with van der Waals surface area (Å²) >= 11 is 0. The van der Waals surface area contributed by atoms with E-state index in [0.29, 0.717) is 31.1 Å². The van der Waals surface area contributed by atoms with Gasteiger partial charge in [-0.15, -0.1) is 0 Å². The van der Waals surface area contributed by atoms with Gasteiger partial charge in [0.05, 0.1) is 23.8 Å². The number of pyridine rings is 2. The first-order valence-corrected chi connectivity index (χ1v) is 11.1. The lowest BCUT2D eigenvalue weighted by Crippen LogP contribution is -2.38. The molecule has 4 rings (SSSR count). The quantitative estimate of drug-likeness (QED) is 0.518. The summed E-state index contributed by atoms with van der Waals surface area (Å²) in [5.41, 5.74) is 2.12. The first-order chi connectivity index (χ1) is 16.2. The van der Waals surface area contributed by atoms with Crippen molar-refractivity contribution in [3.05, 3.63) is 70.9 Å². The van der Waals surface area contributed by atoms with Crippen molar-refractivity contribution in [1.29, 1.82) is 0 Å². The summed E-state index contributed by atoms with van der Waals surface area (Å²) in [7, 11) is 0. The van der Waals surface area contributed by atoms with Gasteiger partial charge in [-0.05, 0) is 50.5 Å². The highest BCUT2D eigenvalue weighted by atomic mass is 19.4. The number of nitrogens with zero attached hydrogens (tertiary/aromatic N) is 5. The van der Waals surface area contributed by atoms with E-state index in [0.717, 1.165) is 36.2 Å². The minimum atomic E-state index is -4.46. The molecule has 1 atom stereocenters. The topological polar surface area (TPSA) is 73.1 Å². The average molecular weight is 473 g/mol. The number of ether oxygens (including phenoxy) is 1. The van der Waals surface area contributed by atoms with Crippen LogP contribution in [0.2, 0.25) is 0 Å². The predicted octanol–water partition coefficient (Wildman–Crippen LogP) is 4.05. The maximum atomic E-state index is 13.4. The van der Waals surface area contributed by atoms with Gasteiger partial charge in [-0.25, -0.2) is 9.67 Å². The maximum absolute atomic E-state index is 13.4. The van der Waals surface area contributed by atoms with Gasteiger partial charge in [0.25, 0.3) is 0 Å². The molecule has 0 N–H and O–H groups in total. The molecule has 1 saturated heterocycles. The Hall–Kier alpha value is -3.27. The van der Waals surface area contributed by atoms with Crippen LogP contribution in [-0.2, 0) is 28.7 Å². The van der Waals surface area contributed by atoms with Crippen molar-refractivity contribution in [2.75, 3.05) is 13.2 Å². The highest BCUT2D eigenvalue weighted by Gasteiger charge is 2.31. The van der Waals surface area contributed by atoms with E-state index in [4.69, 9.17) is 4.74 Å². The van der Waals surface area contributed by atoms with Crippen molar-refractivity contribution in [1.82, 2.24) is 24.6 Å². The van der Waals surface area contributed by atoms with Crippen LogP contribution in [0.5, 0.6) is 0 Å². The molecular formula is C24H26F3N5O2. The van der Waals surface area contributed by atoms with Gasteiger partial charge >= 0.3 is 6.18 Å². The second-order valence-corrected chi connectivity index (χ2v) is 8.41. The van der Waals surface area contributed by atoms with Crippen LogP contribution in [0, 0.1) is 13.8 Å². The lowest BCUT2D eigenvalue weighted by atomic mass is 10.1. The molecule has 4 heterocycles. The zero-order chi connectivity index (χ0) is 24.3. The molecule has 10 heteroatoms. The lowest BCUT2D eigenvalue weighted by Gasteiger charge is -2.25. The zero-order valence-electron chi connectivity index (χ0n) is 19.0. The molecule has 1 amide bonds. The third-order valence-electron chi connectivity index (χ3n) is 5.96. The van der Waals surface area contributed by atoms with Crippen molar-refractivity contribution in [2.45, 2.75) is 51.9 Å². The van der Waals surface area contributed by atoms with Gasteiger partial charge < -0.3 is 9.64 Å². The summed E-state index contributed by atoms with van der Waals surface area (Å²) < 4.78 is 45.8. The van der Waals surface area contributed by atoms with Crippen LogP contribution in [0.15, 0.2) is 42.9 Å². The molecule has 1 fully saturated rings. The fourth-order valence-corrected chi connectivity index (χ4v) is 4.10. The Morgan fingerprint density at radius 2 is 2.06 bits per heavy atom. The second kappa shape index (κ2) is 9.92. The summed E-state index contributed by atoms with van der Waals surface area (Å²) in [4.78, 5) is 23.2. The van der Waals surface area contributed by atoms with Crippen LogP contribution in [0.4, 0.5) is 13.2 Å². The van der Waals surface area contributed by atoms with Gasteiger partial charge in [0.2, 0.25) is 5.91 Å². The van der Waals surface area contributed by atoms with E-state index in [1.54, 1.807) is 31.1 Å². The van der Waals surface area contributed by atoms with E-state index < -0.39 is 11.7 Å². The van der Waals surface area contributed by atoms with E-state index >= 15 is 0 Å². The molecular weight excluding hydrogens is 447 g/mol. The van der Waals surface area contributed by atoms with Gasteiger partial charge in [-0.1, -0.05) is 6.07 Å². The number of hydrogen-bond acceptors (Lipinski definition) is 5. The van der Waals surface area contributed by atoms with Crippen LogP contribution in [-0.4, -0.2) is 49.8 Å². The largest absolute Gasteiger partial charge is 0.417 e. The molecule has 0 aromatic carbocycles. The molecule has 0 spiro atoms. The van der Waals surface area contributed by atoms with Crippen LogP contribution in [0.1, 0.15) is 40.9 Å². The van der Waals surface area contributed by atoms with Gasteiger partial charge in [-0.2, -0.15) is 18.3 Å². The van der Waals surface area contributed by atoms with Gasteiger partial charge in [0, 0.05) is 49.5 Å². The maximum Gasteiger partial charge on any atom is 0.417 e. The van der Waals surface area contributed by atoms with Crippen LogP contribution in [0.3, 0.4) is 0 Å². The van der Waals surface area contributed by atoms with Gasteiger partial charge in [-0.3, -0.25) is 9.78 Å². The molecule has 180 valence electrons. The second-order valence-electron chi connectivity index (χ2n) is 8.41. The Bertz CT molecular complexity index is 1120. The lowest BCUT2D eigenvalue weighted by molar-refractivity contribution is -0.137. The third-order valence-corrected chi connectivity index (χ3v) is 5.96. The Balaban J connectivity index is 1.55. The van der Waals surface area contributed by atoms with Crippen LogP contribution < -0.4 is 0 Å². The molecule has 0 aliphatic carbocycles. The number of aromatic nitrogens is 4. The summed E-state index contributed by atoms with van der Waals surface area (Å²) in [5.74, 6) is 0.185. The first-order valence-electron chi connectivity index (χ1n) is 11.1. The molecule has 3 aromatic rings. The number of alkyl halides is 3. The molecule has 0 bridgehead atoms. The fourth-order valence-electron chi connectivity index (χ4n) is 4.10. The monoisotopic (exact) mass is 473 g/mol. The van der Waals surface area contributed by atoms with Gasteiger partial charge in [0.15, 0.2) is 5.82 Å². The molecule has 34 heavy (non-hydrogen) atoms. The molecule has 0 radical (unpaired) electrons. The zero-order valence-corrected chi connectivity index (χ0v) is 19.0. The standard InChI is InChI=1S/C24H26F3N5O2/c1-16-21(17(2)32(30-16)22-8-7-19(13-29-22)24(25,26)27)11-23(33)31(15-20-6-4-10-34-20)14-18-5-3-9-28-12-18/h3,5,7-9,12-13,20H,4,6,10-11,14-15H2,1-2H3/t20-/m1/s1. The number of aryl methyl sites for hydroxylation is 1. The fraction of sp³-hybridized carbons (Fsp3) is 0.417. The van der Waals surface area contributed by atoms with Gasteiger partial charge in [0.1, 0.15) is 0 Å². The molecule has 1 aliphatic heterocycles. The summed E-state index contributed by atoms with van der Waals surface area (Å²) in [6.45, 7) is 5.17. The molecule has 0 saturated carbocycles. The number of carbonyl (C=O) groups is 1. The predicted molar refractivity (Wildman–Crippen MR) is 118 cm³/mol. The highest BCUT2D eigenvalue weighted by molar-refractivity contribution is 5.79. The average Bonchev–Trinajstić information content (AvgIpc) is 3.42. The van der Waals surface area contributed by atoms with E-state index in [2.05, 4.69) is 15.1 Å². The molecule has 7 nitrogen and oxygen atoms in total. The summed E-state index contributed by atoms with van der Waals surface area (Å²) in [6.07, 6.45) is 1.75. The van der Waals surface area contributed by atoms with Crippen LogP contribution >= 0.6 is 0 Å². The first kappa shape index (κ1) is 23.9. The molecule has 1 aliphatic rings. The molecule has 3 aromatic heterocycles. The number of rotatable bonds is 7. The minimum absolute atomic E-state index is 0.00175. The normalized spacial score (nSPS) is 16.1. The Morgan fingerprint density at radius 3 is 2.68 bits per heavy atom. The Kier molecular flexibility index (Phi) is 6.97. The van der Waals surface area contributed by atoms with E-state index in [-0.39, 0.29) is 24.2 Å². The summed E-state index contributed by atoms with van der Waals surface area (Å²) in [5, 5.41) is 4.44. The SMILES string of the molecule is Cc1nn(-c2ccc(C(F)(F)F)cn2)c(C)c1CC(=O)N(Cc1cccnc1)C[C@H]1CCCO1. The smallest absolute Gasteiger partial charge is 0.376 e. The molecule has 0 unspecified atom stereocenters. The summed E-state index contributed by atoms with van der Waals surface area (Å²) in [6, 6.07) is 6.01. The van der Waals surface area contributed by atoms with E-state index in [1.165, 1.54) is 10.7 Å². The minimum Gasteiger partial charge on any atom is -0.376 e.